The van der Waals surface area contributed by atoms with Crippen LogP contribution in [0, 0.1) is 18.3 Å². The maximum atomic E-state index is 12.6. The number of nitrogens with zero attached hydrogens (tertiary/aromatic N) is 4. The summed E-state index contributed by atoms with van der Waals surface area (Å²) in [5.74, 6) is 0.704. The Balaban J connectivity index is 1.72. The van der Waals surface area contributed by atoms with Crippen LogP contribution >= 0.6 is 0 Å². The molecule has 1 saturated heterocycles. The third-order valence-electron chi connectivity index (χ3n) is 5.50. The smallest absolute Gasteiger partial charge is 0.235 e. The van der Waals surface area contributed by atoms with Gasteiger partial charge in [0.25, 0.3) is 0 Å². The highest BCUT2D eigenvalue weighted by Gasteiger charge is 2.37. The van der Waals surface area contributed by atoms with Crippen LogP contribution in [0.1, 0.15) is 55.8 Å². The summed E-state index contributed by atoms with van der Waals surface area (Å²) in [6.45, 7) is 3.17. The van der Waals surface area contributed by atoms with E-state index in [0.29, 0.717) is 6.54 Å². The van der Waals surface area contributed by atoms with Crippen LogP contribution < -0.4 is 10.1 Å². The van der Waals surface area contributed by atoms with Crippen LogP contribution in [0.5, 0.6) is 5.88 Å². The molecule has 0 spiro atoms. The number of amides is 1. The molecule has 7 nitrogen and oxygen atoms in total. The number of hydrogen-bond acceptors (Lipinski definition) is 5. The number of ether oxygens (including phenoxy) is 1. The molecule has 1 N–H and O–H groups in total. The molecule has 0 unspecified atom stereocenters. The second kappa shape index (κ2) is 7.04. The minimum Gasteiger partial charge on any atom is -0.481 e. The number of likely N-dealkylation sites (tertiary alicyclic amines) is 1. The lowest BCUT2D eigenvalue weighted by Gasteiger charge is -2.27. The van der Waals surface area contributed by atoms with Gasteiger partial charge in [-0.1, -0.05) is 0 Å². The topological polar surface area (TPSA) is 83.2 Å². The molecular weight excluding hydrogens is 318 g/mol. The fraction of sp³-hybridized carbons (Fsp3) is 0.722. The first-order chi connectivity index (χ1) is 12.0. The normalized spacial score (nSPS) is 22.7. The Bertz CT molecular complexity index is 684. The molecule has 1 atom stereocenters. The minimum atomic E-state index is -0.659. The predicted molar refractivity (Wildman–Crippen MR) is 93.0 cm³/mol. The van der Waals surface area contributed by atoms with Gasteiger partial charge in [-0.2, -0.15) is 10.4 Å². The predicted octanol–water partition coefficient (Wildman–Crippen LogP) is 1.83. The highest BCUT2D eigenvalue weighted by Crippen LogP contribution is 2.38. The minimum absolute atomic E-state index is 0.0594. The average molecular weight is 345 g/mol. The summed E-state index contributed by atoms with van der Waals surface area (Å²) in [5, 5.41) is 16.9. The summed E-state index contributed by atoms with van der Waals surface area (Å²) in [5.41, 5.74) is 1.36. The second-order valence-corrected chi connectivity index (χ2v) is 7.21. The first kappa shape index (κ1) is 17.7. The van der Waals surface area contributed by atoms with Crippen LogP contribution in [0.2, 0.25) is 0 Å². The van der Waals surface area contributed by atoms with Crippen molar-refractivity contribution in [3.8, 4) is 11.9 Å². The van der Waals surface area contributed by atoms with Gasteiger partial charge in [0.1, 0.15) is 5.54 Å². The van der Waals surface area contributed by atoms with E-state index in [2.05, 4.69) is 21.4 Å². The summed E-state index contributed by atoms with van der Waals surface area (Å²) < 4.78 is 7.29. The maximum absolute atomic E-state index is 12.6. The first-order valence-electron chi connectivity index (χ1n) is 9.03. The van der Waals surface area contributed by atoms with Gasteiger partial charge < -0.3 is 10.1 Å². The zero-order valence-electron chi connectivity index (χ0n) is 15.3. The molecule has 1 aromatic heterocycles. The molecule has 1 saturated carbocycles. The van der Waals surface area contributed by atoms with Gasteiger partial charge in [0.2, 0.25) is 11.8 Å². The van der Waals surface area contributed by atoms with Crippen LogP contribution in [-0.2, 0) is 11.8 Å². The van der Waals surface area contributed by atoms with E-state index in [0.717, 1.165) is 62.2 Å². The second-order valence-electron chi connectivity index (χ2n) is 7.21. The van der Waals surface area contributed by atoms with Crippen LogP contribution in [0.15, 0.2) is 0 Å². The molecule has 1 amide bonds. The van der Waals surface area contributed by atoms with E-state index in [9.17, 15) is 10.1 Å². The SMILES string of the molecule is COc1c([C@@H]2CCCN2CC(=O)NC2(C#N)CCCC2)c(C)nn1C. The Morgan fingerprint density at radius 1 is 1.44 bits per heavy atom. The molecule has 2 fully saturated rings. The standard InChI is InChI=1S/C18H27N5O2/c1-13-16(17(25-3)22(2)21-13)14-7-6-10-23(14)11-15(24)20-18(12-19)8-4-5-9-18/h14H,4-11H2,1-3H3,(H,20,24)/t14-/m0/s1. The number of nitrogens with one attached hydrogen (secondary N) is 1. The van der Waals surface area contributed by atoms with Gasteiger partial charge in [-0.15, -0.1) is 0 Å². The Morgan fingerprint density at radius 2 is 2.16 bits per heavy atom. The molecule has 136 valence electrons. The van der Waals surface area contributed by atoms with Gasteiger partial charge in [0, 0.05) is 13.1 Å². The van der Waals surface area contributed by atoms with Crippen molar-refractivity contribution in [1.82, 2.24) is 20.0 Å². The van der Waals surface area contributed by atoms with Gasteiger partial charge >= 0.3 is 0 Å². The number of carbonyl (C=O) groups is 1. The molecule has 7 heteroatoms. The molecule has 0 aromatic carbocycles. The summed E-state index contributed by atoms with van der Waals surface area (Å²) >= 11 is 0. The third kappa shape index (κ3) is 3.36. The van der Waals surface area contributed by atoms with E-state index in [1.807, 2.05) is 14.0 Å². The van der Waals surface area contributed by atoms with E-state index in [4.69, 9.17) is 4.74 Å². The highest BCUT2D eigenvalue weighted by atomic mass is 16.5. The van der Waals surface area contributed by atoms with Gasteiger partial charge in [-0.25, -0.2) is 4.68 Å². The molecule has 1 aliphatic heterocycles. The number of methoxy groups -OCH3 is 1. The molecule has 0 radical (unpaired) electrons. The molecule has 1 aliphatic carbocycles. The lowest BCUT2D eigenvalue weighted by molar-refractivity contribution is -0.123. The Morgan fingerprint density at radius 3 is 2.80 bits per heavy atom. The van der Waals surface area contributed by atoms with E-state index in [1.54, 1.807) is 11.8 Å². The summed E-state index contributed by atoms with van der Waals surface area (Å²) in [6.07, 6.45) is 5.55. The number of aryl methyl sites for hydroxylation is 2. The van der Waals surface area contributed by atoms with Gasteiger partial charge in [0.05, 0.1) is 31.0 Å². The van der Waals surface area contributed by atoms with Gasteiger partial charge in [-0.3, -0.25) is 9.69 Å². The number of rotatable bonds is 5. The number of carbonyl (C=O) groups excluding carboxylic acids is 1. The summed E-state index contributed by atoms with van der Waals surface area (Å²) in [7, 11) is 3.53. The fourth-order valence-corrected chi connectivity index (χ4v) is 4.36. The van der Waals surface area contributed by atoms with E-state index >= 15 is 0 Å². The number of nitriles is 1. The van der Waals surface area contributed by atoms with Crippen molar-refractivity contribution >= 4 is 5.91 Å². The van der Waals surface area contributed by atoms with Crippen molar-refractivity contribution in [2.75, 3.05) is 20.2 Å². The number of aromatic nitrogens is 2. The van der Waals surface area contributed by atoms with Crippen LogP contribution in [0.25, 0.3) is 0 Å². The van der Waals surface area contributed by atoms with Crippen molar-refractivity contribution < 1.29 is 9.53 Å². The first-order valence-corrected chi connectivity index (χ1v) is 9.03. The van der Waals surface area contributed by atoms with Crippen molar-refractivity contribution in [2.24, 2.45) is 7.05 Å². The molecule has 2 aliphatic rings. The molecule has 25 heavy (non-hydrogen) atoms. The lowest BCUT2D eigenvalue weighted by Crippen LogP contribution is -2.49. The lowest BCUT2D eigenvalue weighted by atomic mass is 10.00. The molecule has 0 bridgehead atoms. The van der Waals surface area contributed by atoms with Gasteiger partial charge in [0.15, 0.2) is 0 Å². The average Bonchev–Trinajstić information content (AvgIpc) is 3.27. The maximum Gasteiger partial charge on any atom is 0.235 e. The van der Waals surface area contributed by atoms with Crippen LogP contribution in [0.4, 0.5) is 0 Å². The quantitative estimate of drug-likeness (QED) is 0.880. The molecule has 3 rings (SSSR count). The molecule has 1 aromatic rings. The zero-order chi connectivity index (χ0) is 18.0. The van der Waals surface area contributed by atoms with E-state index in [1.165, 1.54) is 0 Å². The van der Waals surface area contributed by atoms with E-state index < -0.39 is 5.54 Å². The third-order valence-corrected chi connectivity index (χ3v) is 5.50. The van der Waals surface area contributed by atoms with Crippen molar-refractivity contribution in [1.29, 1.82) is 5.26 Å². The fourth-order valence-electron chi connectivity index (χ4n) is 4.36. The Labute approximate surface area is 148 Å². The van der Waals surface area contributed by atoms with Crippen molar-refractivity contribution in [2.45, 2.75) is 57.0 Å². The number of hydrogen-bond donors (Lipinski definition) is 1. The molecule has 2 heterocycles. The van der Waals surface area contributed by atoms with E-state index in [-0.39, 0.29) is 11.9 Å². The van der Waals surface area contributed by atoms with Crippen molar-refractivity contribution in [3.05, 3.63) is 11.3 Å². The summed E-state index contributed by atoms with van der Waals surface area (Å²) in [6, 6.07) is 2.46. The highest BCUT2D eigenvalue weighted by molar-refractivity contribution is 5.79. The summed E-state index contributed by atoms with van der Waals surface area (Å²) in [4.78, 5) is 14.8. The Hall–Kier alpha value is -2.07. The zero-order valence-corrected chi connectivity index (χ0v) is 15.3. The van der Waals surface area contributed by atoms with Crippen LogP contribution in [-0.4, -0.2) is 46.3 Å². The van der Waals surface area contributed by atoms with Crippen LogP contribution in [0.3, 0.4) is 0 Å². The largest absolute Gasteiger partial charge is 0.481 e. The van der Waals surface area contributed by atoms with Crippen molar-refractivity contribution in [3.63, 3.8) is 0 Å². The van der Waals surface area contributed by atoms with Gasteiger partial charge in [-0.05, 0) is 52.0 Å². The monoisotopic (exact) mass is 345 g/mol. The Kier molecular flexibility index (Phi) is 5.00. The molecular formula is C18H27N5O2.